The number of nitrogens with zero attached hydrogens (tertiary/aromatic N) is 2. The fraction of sp³-hybridized carbons (Fsp3) is 0.154. The Labute approximate surface area is 195 Å². The van der Waals surface area contributed by atoms with E-state index in [1.165, 1.54) is 60.5 Å². The molecular formula is C26H21FN2O5. The van der Waals surface area contributed by atoms with Crippen molar-refractivity contribution in [2.24, 2.45) is 0 Å². The fourth-order valence-electron chi connectivity index (χ4n) is 3.86. The number of methoxy groups -OCH3 is 1. The fourth-order valence-corrected chi connectivity index (χ4v) is 3.86. The van der Waals surface area contributed by atoms with Gasteiger partial charge in [-0.15, -0.1) is 0 Å². The van der Waals surface area contributed by atoms with Crippen LogP contribution in [0.1, 0.15) is 32.7 Å². The first-order chi connectivity index (χ1) is 16.4. The van der Waals surface area contributed by atoms with E-state index in [9.17, 15) is 23.6 Å². The lowest BCUT2D eigenvalue weighted by atomic mass is 10.1. The van der Waals surface area contributed by atoms with Crippen LogP contribution in [-0.2, 0) is 20.9 Å². The zero-order valence-electron chi connectivity index (χ0n) is 18.3. The first kappa shape index (κ1) is 22.8. The average Bonchev–Trinajstić information content (AvgIpc) is 3.16. The molecule has 172 valence electrons. The number of carbonyl (C=O) groups excluding carboxylic acids is 4. The molecule has 3 amide bonds. The van der Waals surface area contributed by atoms with Crippen LogP contribution < -0.4 is 4.90 Å². The standard InChI is InChI=1S/C26H21FN2O5/c1-34-26(33)19-9-13-21(14-10-19)29-23(30)15-22(25(29)32)28(16-17-5-3-2-4-6-17)24(31)18-7-11-20(27)12-8-18/h2-14,22H,15-16H2,1H3. The van der Waals surface area contributed by atoms with Crippen molar-refractivity contribution in [2.75, 3.05) is 12.0 Å². The number of imide groups is 1. The predicted molar refractivity (Wildman–Crippen MR) is 121 cm³/mol. The molecule has 1 heterocycles. The summed E-state index contributed by atoms with van der Waals surface area (Å²) in [5, 5.41) is 0. The molecule has 7 nitrogen and oxygen atoms in total. The highest BCUT2D eigenvalue weighted by molar-refractivity contribution is 6.23. The number of anilines is 1. The zero-order chi connectivity index (χ0) is 24.2. The van der Waals surface area contributed by atoms with Crippen molar-refractivity contribution >= 4 is 29.4 Å². The molecule has 1 atom stereocenters. The van der Waals surface area contributed by atoms with Crippen LogP contribution in [0.15, 0.2) is 78.9 Å². The summed E-state index contributed by atoms with van der Waals surface area (Å²) in [6.45, 7) is 0.0931. The molecule has 1 unspecified atom stereocenters. The van der Waals surface area contributed by atoms with Crippen molar-refractivity contribution in [1.29, 1.82) is 0 Å². The molecule has 0 spiro atoms. The monoisotopic (exact) mass is 460 g/mol. The Hall–Kier alpha value is -4.33. The summed E-state index contributed by atoms with van der Waals surface area (Å²) in [7, 11) is 1.26. The van der Waals surface area contributed by atoms with E-state index in [1.54, 1.807) is 0 Å². The second-order valence-electron chi connectivity index (χ2n) is 7.75. The van der Waals surface area contributed by atoms with E-state index in [-0.39, 0.29) is 24.1 Å². The van der Waals surface area contributed by atoms with Crippen molar-refractivity contribution in [3.05, 3.63) is 101 Å². The Morgan fingerprint density at radius 3 is 2.18 bits per heavy atom. The highest BCUT2D eigenvalue weighted by atomic mass is 19.1. The van der Waals surface area contributed by atoms with E-state index >= 15 is 0 Å². The van der Waals surface area contributed by atoms with Crippen molar-refractivity contribution in [3.63, 3.8) is 0 Å². The second-order valence-corrected chi connectivity index (χ2v) is 7.75. The molecule has 3 aromatic carbocycles. The summed E-state index contributed by atoms with van der Waals surface area (Å²) in [6, 6.07) is 19.0. The zero-order valence-corrected chi connectivity index (χ0v) is 18.3. The van der Waals surface area contributed by atoms with Crippen LogP contribution in [0.25, 0.3) is 0 Å². The molecule has 1 aliphatic heterocycles. The molecule has 1 saturated heterocycles. The lowest BCUT2D eigenvalue weighted by Crippen LogP contribution is -2.45. The van der Waals surface area contributed by atoms with Crippen molar-refractivity contribution in [1.82, 2.24) is 4.90 Å². The van der Waals surface area contributed by atoms with Gasteiger partial charge in [-0.05, 0) is 54.1 Å². The highest BCUT2D eigenvalue weighted by Gasteiger charge is 2.44. The van der Waals surface area contributed by atoms with Gasteiger partial charge in [-0.2, -0.15) is 0 Å². The van der Waals surface area contributed by atoms with Crippen LogP contribution >= 0.6 is 0 Å². The first-order valence-corrected chi connectivity index (χ1v) is 10.5. The summed E-state index contributed by atoms with van der Waals surface area (Å²) in [6.07, 6.45) is -0.197. The Morgan fingerprint density at radius 2 is 1.56 bits per heavy atom. The quantitative estimate of drug-likeness (QED) is 0.415. The average molecular weight is 460 g/mol. The molecule has 0 radical (unpaired) electrons. The molecule has 0 aromatic heterocycles. The summed E-state index contributed by atoms with van der Waals surface area (Å²) in [4.78, 5) is 53.6. The molecule has 4 rings (SSSR count). The molecular weight excluding hydrogens is 439 g/mol. The second kappa shape index (κ2) is 9.66. The number of ether oxygens (including phenoxy) is 1. The molecule has 34 heavy (non-hydrogen) atoms. The molecule has 0 bridgehead atoms. The molecule has 0 saturated carbocycles. The van der Waals surface area contributed by atoms with E-state index in [4.69, 9.17) is 0 Å². The van der Waals surface area contributed by atoms with Gasteiger partial charge in [0.05, 0.1) is 24.8 Å². The van der Waals surface area contributed by atoms with Crippen LogP contribution in [0.3, 0.4) is 0 Å². The van der Waals surface area contributed by atoms with Crippen LogP contribution in [-0.4, -0.2) is 41.7 Å². The van der Waals surface area contributed by atoms with Crippen molar-refractivity contribution < 1.29 is 28.3 Å². The Bertz CT molecular complexity index is 1230. The highest BCUT2D eigenvalue weighted by Crippen LogP contribution is 2.28. The van der Waals surface area contributed by atoms with Gasteiger partial charge in [0.15, 0.2) is 0 Å². The Morgan fingerprint density at radius 1 is 0.941 bits per heavy atom. The summed E-state index contributed by atoms with van der Waals surface area (Å²) in [5.41, 5.74) is 1.55. The van der Waals surface area contributed by atoms with Gasteiger partial charge in [0.2, 0.25) is 5.91 Å². The van der Waals surface area contributed by atoms with Gasteiger partial charge in [-0.3, -0.25) is 14.4 Å². The SMILES string of the molecule is COC(=O)c1ccc(N2C(=O)CC(N(Cc3ccccc3)C(=O)c3ccc(F)cc3)C2=O)cc1. The molecule has 8 heteroatoms. The van der Waals surface area contributed by atoms with E-state index in [2.05, 4.69) is 4.74 Å². The predicted octanol–water partition coefficient (Wildman–Crippen LogP) is 3.59. The molecule has 1 aliphatic rings. The van der Waals surface area contributed by atoms with Gasteiger partial charge >= 0.3 is 5.97 Å². The minimum absolute atomic E-state index is 0.0931. The maximum Gasteiger partial charge on any atom is 0.337 e. The van der Waals surface area contributed by atoms with Crippen molar-refractivity contribution in [2.45, 2.75) is 19.0 Å². The summed E-state index contributed by atoms with van der Waals surface area (Å²) >= 11 is 0. The third kappa shape index (κ3) is 4.56. The number of benzene rings is 3. The van der Waals surface area contributed by atoms with E-state index < -0.39 is 35.5 Å². The summed E-state index contributed by atoms with van der Waals surface area (Å²) in [5.74, 6) is -2.53. The van der Waals surface area contributed by atoms with Crippen LogP contribution in [0.5, 0.6) is 0 Å². The minimum atomic E-state index is -1.04. The third-order valence-electron chi connectivity index (χ3n) is 5.59. The number of hydrogen-bond donors (Lipinski definition) is 0. The Balaban J connectivity index is 1.65. The van der Waals surface area contributed by atoms with Crippen LogP contribution in [0, 0.1) is 5.82 Å². The normalized spacial score (nSPS) is 15.4. The number of carbonyl (C=O) groups is 4. The number of esters is 1. The van der Waals surface area contributed by atoms with Crippen LogP contribution in [0.4, 0.5) is 10.1 Å². The lowest BCUT2D eigenvalue weighted by molar-refractivity contribution is -0.122. The maximum absolute atomic E-state index is 13.4. The number of rotatable bonds is 6. The van der Waals surface area contributed by atoms with Crippen molar-refractivity contribution in [3.8, 4) is 0 Å². The van der Waals surface area contributed by atoms with E-state index in [0.717, 1.165) is 10.5 Å². The van der Waals surface area contributed by atoms with Gasteiger partial charge in [-0.1, -0.05) is 30.3 Å². The van der Waals surface area contributed by atoms with Gasteiger partial charge in [0.25, 0.3) is 11.8 Å². The smallest absolute Gasteiger partial charge is 0.337 e. The molecule has 0 aliphatic carbocycles. The largest absolute Gasteiger partial charge is 0.465 e. The van der Waals surface area contributed by atoms with Crippen LogP contribution in [0.2, 0.25) is 0 Å². The van der Waals surface area contributed by atoms with Gasteiger partial charge in [0, 0.05) is 12.1 Å². The maximum atomic E-state index is 13.4. The van der Waals surface area contributed by atoms with E-state index in [1.807, 2.05) is 30.3 Å². The number of halogens is 1. The number of hydrogen-bond acceptors (Lipinski definition) is 5. The van der Waals surface area contributed by atoms with Gasteiger partial charge in [0.1, 0.15) is 11.9 Å². The lowest BCUT2D eigenvalue weighted by Gasteiger charge is -2.28. The molecule has 1 fully saturated rings. The van der Waals surface area contributed by atoms with Gasteiger partial charge < -0.3 is 9.64 Å². The first-order valence-electron chi connectivity index (χ1n) is 10.5. The molecule has 0 N–H and O–H groups in total. The van der Waals surface area contributed by atoms with E-state index in [0.29, 0.717) is 5.69 Å². The topological polar surface area (TPSA) is 84.0 Å². The Kier molecular flexibility index (Phi) is 6.49. The van der Waals surface area contributed by atoms with Gasteiger partial charge in [-0.25, -0.2) is 14.1 Å². The third-order valence-corrected chi connectivity index (χ3v) is 5.59. The molecule has 3 aromatic rings. The minimum Gasteiger partial charge on any atom is -0.465 e. The number of amides is 3. The summed E-state index contributed by atoms with van der Waals surface area (Å²) < 4.78 is 18.1.